The van der Waals surface area contributed by atoms with Gasteiger partial charge in [-0.3, -0.25) is 5.14 Å². The molecule has 1 aromatic heterocycles. The van der Waals surface area contributed by atoms with Crippen molar-refractivity contribution in [3.63, 3.8) is 0 Å². The lowest BCUT2D eigenvalue weighted by atomic mass is 10.5. The van der Waals surface area contributed by atoms with Gasteiger partial charge in [0.05, 0.1) is 12.0 Å². The summed E-state index contributed by atoms with van der Waals surface area (Å²) in [4.78, 5) is 0. The van der Waals surface area contributed by atoms with E-state index in [1.54, 1.807) is 6.26 Å². The fourth-order valence-corrected chi connectivity index (χ4v) is 0.805. The minimum Gasteiger partial charge on any atom is -0.468 e. The summed E-state index contributed by atoms with van der Waals surface area (Å²) in [5.74, 6) is 1.69. The van der Waals surface area contributed by atoms with Crippen LogP contribution in [0.5, 0.6) is 0 Å². The predicted molar refractivity (Wildman–Crippen MR) is 34.2 cm³/mol. The second-order valence-corrected chi connectivity index (χ2v) is 2.01. The third kappa shape index (κ3) is 1.28. The van der Waals surface area contributed by atoms with E-state index in [-0.39, 0.29) is 0 Å². The van der Waals surface area contributed by atoms with Crippen LogP contribution < -0.4 is 5.14 Å². The molecule has 0 aliphatic rings. The average molecular weight is 129 g/mol. The van der Waals surface area contributed by atoms with Crippen molar-refractivity contribution in [1.82, 2.24) is 0 Å². The second-order valence-electron chi connectivity index (χ2n) is 1.39. The maximum Gasteiger partial charge on any atom is 0.114 e. The van der Waals surface area contributed by atoms with E-state index in [1.165, 1.54) is 11.9 Å². The highest BCUT2D eigenvalue weighted by Crippen LogP contribution is 2.05. The van der Waals surface area contributed by atoms with Crippen LogP contribution in [0.15, 0.2) is 22.8 Å². The molecule has 0 aliphatic carbocycles. The molecule has 0 aliphatic heterocycles. The molecule has 3 heteroatoms. The van der Waals surface area contributed by atoms with Gasteiger partial charge in [0.1, 0.15) is 5.76 Å². The van der Waals surface area contributed by atoms with E-state index in [4.69, 9.17) is 9.56 Å². The highest BCUT2D eigenvalue weighted by molar-refractivity contribution is 7.96. The standard InChI is InChI=1S/C5H7NOS/c6-8-4-5-2-1-3-7-5/h1-3H,4,6H2. The van der Waals surface area contributed by atoms with Crippen molar-refractivity contribution < 1.29 is 4.42 Å². The third-order valence-electron chi connectivity index (χ3n) is 0.806. The van der Waals surface area contributed by atoms with Gasteiger partial charge < -0.3 is 4.42 Å². The molecule has 1 heterocycles. The first-order valence-corrected chi connectivity index (χ1v) is 3.32. The Balaban J connectivity index is 2.50. The van der Waals surface area contributed by atoms with Gasteiger partial charge in [-0.05, 0) is 12.1 Å². The van der Waals surface area contributed by atoms with E-state index in [9.17, 15) is 0 Å². The molecular formula is C5H7NOS. The molecule has 0 saturated carbocycles. The van der Waals surface area contributed by atoms with Crippen molar-refractivity contribution in [3.8, 4) is 0 Å². The van der Waals surface area contributed by atoms with Crippen LogP contribution >= 0.6 is 11.9 Å². The number of nitrogens with two attached hydrogens (primary N) is 1. The Bertz CT molecular complexity index is 138. The van der Waals surface area contributed by atoms with Crippen molar-refractivity contribution >= 4 is 11.9 Å². The van der Waals surface area contributed by atoms with Gasteiger partial charge in [0.2, 0.25) is 0 Å². The highest BCUT2D eigenvalue weighted by Gasteiger charge is 1.89. The summed E-state index contributed by atoms with van der Waals surface area (Å²) in [5, 5.41) is 5.18. The summed E-state index contributed by atoms with van der Waals surface area (Å²) >= 11 is 1.27. The molecule has 1 rings (SSSR count). The van der Waals surface area contributed by atoms with Crippen molar-refractivity contribution in [3.05, 3.63) is 24.2 Å². The number of rotatable bonds is 2. The zero-order valence-electron chi connectivity index (χ0n) is 4.33. The van der Waals surface area contributed by atoms with Gasteiger partial charge in [-0.15, -0.1) is 0 Å². The maximum absolute atomic E-state index is 5.18. The SMILES string of the molecule is NSCc1ccco1. The molecule has 2 N–H and O–H groups in total. The van der Waals surface area contributed by atoms with Gasteiger partial charge >= 0.3 is 0 Å². The van der Waals surface area contributed by atoms with Gasteiger partial charge in [-0.25, -0.2) is 0 Å². The molecule has 0 amide bonds. The maximum atomic E-state index is 5.18. The lowest BCUT2D eigenvalue weighted by Gasteiger charge is -1.85. The molecule has 8 heavy (non-hydrogen) atoms. The van der Waals surface area contributed by atoms with Crippen LogP contribution in [0.4, 0.5) is 0 Å². The zero-order chi connectivity index (χ0) is 5.82. The molecule has 44 valence electrons. The van der Waals surface area contributed by atoms with Gasteiger partial charge in [0.25, 0.3) is 0 Å². The summed E-state index contributed by atoms with van der Waals surface area (Å²) in [5.41, 5.74) is 0. The van der Waals surface area contributed by atoms with Crippen LogP contribution in [0.25, 0.3) is 0 Å². The van der Waals surface area contributed by atoms with E-state index in [1.807, 2.05) is 12.1 Å². The third-order valence-corrected chi connectivity index (χ3v) is 1.26. The Kier molecular flexibility index (Phi) is 2.00. The molecule has 0 spiro atoms. The average Bonchev–Trinajstić information content (AvgIpc) is 2.19. The van der Waals surface area contributed by atoms with Crippen molar-refractivity contribution in [2.75, 3.05) is 0 Å². The van der Waals surface area contributed by atoms with Gasteiger partial charge in [0.15, 0.2) is 0 Å². The van der Waals surface area contributed by atoms with Gasteiger partial charge in [-0.2, -0.15) is 0 Å². The molecule has 0 aromatic carbocycles. The molecule has 1 aromatic rings. The molecule has 0 bridgehead atoms. The molecule has 0 atom stereocenters. The van der Waals surface area contributed by atoms with Gasteiger partial charge in [-0.1, -0.05) is 11.9 Å². The lowest BCUT2D eigenvalue weighted by Crippen LogP contribution is -1.79. The molecule has 0 radical (unpaired) electrons. The molecule has 0 unspecified atom stereocenters. The van der Waals surface area contributed by atoms with E-state index in [0.717, 1.165) is 11.5 Å². The largest absolute Gasteiger partial charge is 0.468 e. The van der Waals surface area contributed by atoms with Crippen molar-refractivity contribution in [1.29, 1.82) is 0 Å². The first-order chi connectivity index (χ1) is 3.93. The summed E-state index contributed by atoms with van der Waals surface area (Å²) in [6.07, 6.45) is 1.64. The van der Waals surface area contributed by atoms with E-state index < -0.39 is 0 Å². The fraction of sp³-hybridized carbons (Fsp3) is 0.200. The van der Waals surface area contributed by atoms with E-state index in [2.05, 4.69) is 0 Å². The quantitative estimate of drug-likeness (QED) is 0.613. The van der Waals surface area contributed by atoms with Crippen molar-refractivity contribution in [2.45, 2.75) is 5.75 Å². The normalized spacial score (nSPS) is 9.62. The first kappa shape index (κ1) is 5.72. The monoisotopic (exact) mass is 129 g/mol. The van der Waals surface area contributed by atoms with Crippen LogP contribution in [0.1, 0.15) is 5.76 Å². The Morgan fingerprint density at radius 1 is 1.75 bits per heavy atom. The minimum absolute atomic E-state index is 0.757. The second kappa shape index (κ2) is 2.79. The summed E-state index contributed by atoms with van der Waals surface area (Å²) < 4.78 is 4.97. The van der Waals surface area contributed by atoms with E-state index >= 15 is 0 Å². The van der Waals surface area contributed by atoms with Crippen molar-refractivity contribution in [2.24, 2.45) is 5.14 Å². The van der Waals surface area contributed by atoms with Gasteiger partial charge in [0, 0.05) is 0 Å². The molecule has 0 saturated heterocycles. The van der Waals surface area contributed by atoms with Crippen LogP contribution in [0.3, 0.4) is 0 Å². The van der Waals surface area contributed by atoms with Crippen LogP contribution in [-0.2, 0) is 5.75 Å². The Hall–Kier alpha value is -0.410. The highest BCUT2D eigenvalue weighted by atomic mass is 32.2. The summed E-state index contributed by atoms with van der Waals surface area (Å²) in [6.45, 7) is 0. The Morgan fingerprint density at radius 3 is 3.12 bits per heavy atom. The van der Waals surface area contributed by atoms with E-state index in [0.29, 0.717) is 0 Å². The molecule has 2 nitrogen and oxygen atoms in total. The summed E-state index contributed by atoms with van der Waals surface area (Å²) in [7, 11) is 0. The van der Waals surface area contributed by atoms with Crippen LogP contribution in [-0.4, -0.2) is 0 Å². The Labute approximate surface area is 52.2 Å². The Morgan fingerprint density at radius 2 is 2.62 bits per heavy atom. The minimum atomic E-state index is 0.757. The number of furan rings is 1. The zero-order valence-corrected chi connectivity index (χ0v) is 5.15. The lowest BCUT2D eigenvalue weighted by molar-refractivity contribution is 0.530. The first-order valence-electron chi connectivity index (χ1n) is 2.27. The summed E-state index contributed by atoms with van der Waals surface area (Å²) in [6, 6.07) is 3.76. The number of hydrogen-bond donors (Lipinski definition) is 1. The number of hydrogen-bond acceptors (Lipinski definition) is 3. The van der Waals surface area contributed by atoms with Crippen LogP contribution in [0, 0.1) is 0 Å². The fourth-order valence-electron chi connectivity index (χ4n) is 0.477. The predicted octanol–water partition coefficient (Wildman–Crippen LogP) is 1.39. The topological polar surface area (TPSA) is 39.2 Å². The molecule has 0 fully saturated rings. The van der Waals surface area contributed by atoms with Crippen LogP contribution in [0.2, 0.25) is 0 Å². The smallest absolute Gasteiger partial charge is 0.114 e. The molecular weight excluding hydrogens is 122 g/mol.